The van der Waals surface area contributed by atoms with Crippen molar-refractivity contribution in [3.05, 3.63) is 95.6 Å². The van der Waals surface area contributed by atoms with E-state index in [1.807, 2.05) is 23.5 Å². The summed E-state index contributed by atoms with van der Waals surface area (Å²) in [5.74, 6) is 2.47. The van der Waals surface area contributed by atoms with Gasteiger partial charge in [-0.25, -0.2) is 0 Å². The quantitative estimate of drug-likeness (QED) is 0.324. The van der Waals surface area contributed by atoms with Crippen molar-refractivity contribution in [3.8, 4) is 0 Å². The number of hydrogen-bond donors (Lipinski definition) is 0. The van der Waals surface area contributed by atoms with E-state index in [9.17, 15) is 0 Å². The second-order valence-corrected chi connectivity index (χ2v) is 8.46. The maximum absolute atomic E-state index is 2.29. The van der Waals surface area contributed by atoms with Crippen LogP contribution in [0.3, 0.4) is 0 Å². The van der Waals surface area contributed by atoms with Crippen molar-refractivity contribution < 1.29 is 0 Å². The predicted octanol–water partition coefficient (Wildman–Crippen LogP) is 7.09. The molecule has 0 bridgehead atoms. The lowest BCUT2D eigenvalue weighted by Gasteiger charge is -2.22. The molecule has 25 heavy (non-hydrogen) atoms. The summed E-state index contributed by atoms with van der Waals surface area (Å²) in [4.78, 5) is 2.72. The lowest BCUT2D eigenvalue weighted by Crippen LogP contribution is -2.05. The van der Waals surface area contributed by atoms with E-state index in [0.717, 1.165) is 11.5 Å². The molecule has 0 N–H and O–H groups in total. The summed E-state index contributed by atoms with van der Waals surface area (Å²) in [6.45, 7) is 4.42. The molecule has 2 heteroatoms. The zero-order chi connectivity index (χ0) is 17.5. The van der Waals surface area contributed by atoms with Crippen molar-refractivity contribution in [2.45, 2.75) is 29.6 Å². The summed E-state index contributed by atoms with van der Waals surface area (Å²) >= 11 is 3.82. The molecule has 0 radical (unpaired) electrons. The molecule has 0 spiro atoms. The molecule has 0 saturated heterocycles. The molecule has 0 aliphatic heterocycles. The van der Waals surface area contributed by atoms with Crippen LogP contribution in [0.25, 0.3) is 0 Å². The van der Waals surface area contributed by atoms with Crippen molar-refractivity contribution in [3.63, 3.8) is 0 Å². The molecule has 3 aromatic carbocycles. The first kappa shape index (κ1) is 18.2. The van der Waals surface area contributed by atoms with Gasteiger partial charge in [-0.1, -0.05) is 74.5 Å². The van der Waals surface area contributed by atoms with Gasteiger partial charge in [0, 0.05) is 15.7 Å². The fourth-order valence-electron chi connectivity index (χ4n) is 3.13. The number of rotatable bonds is 7. The molecule has 1 unspecified atom stereocenters. The van der Waals surface area contributed by atoms with E-state index in [1.54, 1.807) is 0 Å². The Balaban J connectivity index is 2.08. The number of hydrogen-bond acceptors (Lipinski definition) is 2. The molecule has 3 rings (SSSR count). The molecule has 0 aliphatic carbocycles. The average Bonchev–Trinajstić information content (AvgIpc) is 2.66. The fraction of sp³-hybridized carbons (Fsp3) is 0.217. The van der Waals surface area contributed by atoms with E-state index in [1.165, 1.54) is 26.5 Å². The molecule has 0 fully saturated rings. The highest BCUT2D eigenvalue weighted by atomic mass is 32.2. The van der Waals surface area contributed by atoms with E-state index in [4.69, 9.17) is 0 Å². The van der Waals surface area contributed by atoms with Crippen LogP contribution in [-0.4, -0.2) is 11.5 Å². The van der Waals surface area contributed by atoms with Crippen molar-refractivity contribution in [1.29, 1.82) is 0 Å². The van der Waals surface area contributed by atoms with Gasteiger partial charge in [0.2, 0.25) is 0 Å². The summed E-state index contributed by atoms with van der Waals surface area (Å²) in [5.41, 5.74) is 4.11. The highest BCUT2D eigenvalue weighted by Gasteiger charge is 2.19. The van der Waals surface area contributed by atoms with Gasteiger partial charge < -0.3 is 0 Å². The van der Waals surface area contributed by atoms with Gasteiger partial charge >= 0.3 is 0 Å². The van der Waals surface area contributed by atoms with E-state index < -0.39 is 0 Å². The Morgan fingerprint density at radius 1 is 0.640 bits per heavy atom. The summed E-state index contributed by atoms with van der Waals surface area (Å²) in [7, 11) is 0. The number of benzene rings is 3. The Bertz CT molecular complexity index is 779. The Hall–Kier alpha value is -1.64. The van der Waals surface area contributed by atoms with Gasteiger partial charge in [-0.15, -0.1) is 23.5 Å². The third-order valence-electron chi connectivity index (χ3n) is 4.19. The lowest BCUT2D eigenvalue weighted by atomic mass is 9.85. The minimum Gasteiger partial charge on any atom is -0.126 e. The van der Waals surface area contributed by atoms with Crippen LogP contribution in [0.5, 0.6) is 0 Å². The molecule has 128 valence electrons. The highest BCUT2D eigenvalue weighted by molar-refractivity contribution is 7.99. The zero-order valence-electron chi connectivity index (χ0n) is 14.8. The number of thioether (sulfide) groups is 2. The van der Waals surface area contributed by atoms with Crippen LogP contribution in [0.15, 0.2) is 88.7 Å². The van der Waals surface area contributed by atoms with Crippen molar-refractivity contribution in [2.75, 3.05) is 11.5 Å². The topological polar surface area (TPSA) is 0 Å². The molecule has 1 atom stereocenters. The fourth-order valence-corrected chi connectivity index (χ4v) is 4.63. The minimum atomic E-state index is 0.275. The van der Waals surface area contributed by atoms with Gasteiger partial charge in [-0.2, -0.15) is 0 Å². The van der Waals surface area contributed by atoms with Gasteiger partial charge in [-0.05, 0) is 46.4 Å². The SMILES string of the molecule is CCSc1ccc(C(c2ccccc2)c2ccccc2SCC)cc1. The van der Waals surface area contributed by atoms with E-state index in [-0.39, 0.29) is 5.92 Å². The summed E-state index contributed by atoms with van der Waals surface area (Å²) < 4.78 is 0. The first-order valence-electron chi connectivity index (χ1n) is 8.83. The Morgan fingerprint density at radius 3 is 1.92 bits per heavy atom. The van der Waals surface area contributed by atoms with Crippen LogP contribution in [-0.2, 0) is 0 Å². The van der Waals surface area contributed by atoms with Crippen LogP contribution in [0.2, 0.25) is 0 Å². The summed E-state index contributed by atoms with van der Waals surface area (Å²) in [6.07, 6.45) is 0. The van der Waals surface area contributed by atoms with Crippen LogP contribution < -0.4 is 0 Å². The second kappa shape index (κ2) is 9.17. The van der Waals surface area contributed by atoms with Crippen molar-refractivity contribution >= 4 is 23.5 Å². The van der Waals surface area contributed by atoms with Gasteiger partial charge in [-0.3, -0.25) is 0 Å². The molecule has 3 aromatic rings. The second-order valence-electron chi connectivity index (χ2n) is 5.82. The normalized spacial score (nSPS) is 12.1. The first-order chi connectivity index (χ1) is 12.3. The molecule has 0 amide bonds. The van der Waals surface area contributed by atoms with Crippen LogP contribution in [0.4, 0.5) is 0 Å². The Morgan fingerprint density at radius 2 is 1.24 bits per heavy atom. The van der Waals surface area contributed by atoms with E-state index in [0.29, 0.717) is 0 Å². The van der Waals surface area contributed by atoms with Crippen molar-refractivity contribution in [1.82, 2.24) is 0 Å². The molecule has 0 saturated carbocycles. The maximum atomic E-state index is 2.29. The Labute approximate surface area is 160 Å². The molecular weight excluding hydrogens is 340 g/mol. The van der Waals surface area contributed by atoms with Crippen LogP contribution >= 0.6 is 23.5 Å². The van der Waals surface area contributed by atoms with E-state index >= 15 is 0 Å². The first-order valence-corrected chi connectivity index (χ1v) is 10.8. The lowest BCUT2D eigenvalue weighted by molar-refractivity contribution is 0.942. The van der Waals surface area contributed by atoms with Gasteiger partial charge in [0.25, 0.3) is 0 Å². The van der Waals surface area contributed by atoms with Crippen LogP contribution in [0, 0.1) is 0 Å². The third-order valence-corrected chi connectivity index (χ3v) is 6.05. The molecule has 0 aliphatic rings. The zero-order valence-corrected chi connectivity index (χ0v) is 16.4. The van der Waals surface area contributed by atoms with Crippen LogP contribution in [0.1, 0.15) is 36.5 Å². The largest absolute Gasteiger partial charge is 0.126 e. The summed E-state index contributed by atoms with van der Waals surface area (Å²) in [6, 6.07) is 28.8. The van der Waals surface area contributed by atoms with Gasteiger partial charge in [0.15, 0.2) is 0 Å². The third kappa shape index (κ3) is 4.50. The Kier molecular flexibility index (Phi) is 6.66. The average molecular weight is 365 g/mol. The molecular formula is C23H24S2. The summed E-state index contributed by atoms with van der Waals surface area (Å²) in [5, 5.41) is 0. The molecule has 0 aromatic heterocycles. The van der Waals surface area contributed by atoms with Crippen molar-refractivity contribution in [2.24, 2.45) is 0 Å². The molecule has 0 nitrogen and oxygen atoms in total. The smallest absolute Gasteiger partial charge is 0.0351 e. The standard InChI is InChI=1S/C23H24S2/c1-3-24-20-16-14-19(15-17-20)23(18-10-6-5-7-11-18)21-12-8-9-13-22(21)25-4-2/h5-17,23H,3-4H2,1-2H3. The minimum absolute atomic E-state index is 0.275. The maximum Gasteiger partial charge on any atom is 0.0351 e. The highest BCUT2D eigenvalue weighted by Crippen LogP contribution is 2.38. The molecule has 0 heterocycles. The predicted molar refractivity (Wildman–Crippen MR) is 113 cm³/mol. The monoisotopic (exact) mass is 364 g/mol. The van der Waals surface area contributed by atoms with E-state index in [2.05, 4.69) is 92.7 Å². The van der Waals surface area contributed by atoms with Gasteiger partial charge in [0.05, 0.1) is 0 Å². The van der Waals surface area contributed by atoms with Gasteiger partial charge in [0.1, 0.15) is 0 Å².